The van der Waals surface area contributed by atoms with Crippen LogP contribution in [0.1, 0.15) is 51.5 Å². The number of allylic oxidation sites excluding steroid dienone is 2. The second-order valence-electron chi connectivity index (χ2n) is 9.29. The Morgan fingerprint density at radius 1 is 1.08 bits per heavy atom. The zero-order valence-corrected chi connectivity index (χ0v) is 21.6. The molecule has 0 bridgehead atoms. The first kappa shape index (κ1) is 27.7. The summed E-state index contributed by atoms with van der Waals surface area (Å²) in [6.45, 7) is 6.64. The van der Waals surface area contributed by atoms with E-state index in [2.05, 4.69) is 60.5 Å². The molecular formula is C29H39N3O4. The van der Waals surface area contributed by atoms with Crippen LogP contribution in [0.25, 0.3) is 16.8 Å². The SMILES string of the molecule is CCCN(CCC)c1ccc2cc(/C=C(\C#N)C(NC3CC(O)COC3O)=C3CC3)ccc2c1.CO. The van der Waals surface area contributed by atoms with Gasteiger partial charge in [0.25, 0.3) is 0 Å². The maximum absolute atomic E-state index is 10.2. The van der Waals surface area contributed by atoms with E-state index in [1.165, 1.54) is 11.1 Å². The molecular weight excluding hydrogens is 454 g/mol. The van der Waals surface area contributed by atoms with Gasteiger partial charge >= 0.3 is 0 Å². The van der Waals surface area contributed by atoms with Crippen LogP contribution in [0, 0.1) is 11.3 Å². The van der Waals surface area contributed by atoms with Crippen molar-refractivity contribution in [1.82, 2.24) is 5.32 Å². The molecule has 2 aromatic carbocycles. The summed E-state index contributed by atoms with van der Waals surface area (Å²) in [6, 6.07) is 14.7. The number of hydrogen-bond donors (Lipinski definition) is 4. The lowest BCUT2D eigenvalue weighted by Crippen LogP contribution is -2.48. The number of rotatable bonds is 9. The average Bonchev–Trinajstić information content (AvgIpc) is 3.74. The van der Waals surface area contributed by atoms with Gasteiger partial charge in [-0.3, -0.25) is 0 Å². The highest BCUT2D eigenvalue weighted by Gasteiger charge is 2.32. The number of nitriles is 1. The Labute approximate surface area is 214 Å². The van der Waals surface area contributed by atoms with Gasteiger partial charge in [0.1, 0.15) is 6.07 Å². The number of anilines is 1. The lowest BCUT2D eigenvalue weighted by atomic mass is 10.0. The summed E-state index contributed by atoms with van der Waals surface area (Å²) in [4.78, 5) is 2.43. The summed E-state index contributed by atoms with van der Waals surface area (Å²) in [5, 5.41) is 42.7. The minimum absolute atomic E-state index is 0.125. The van der Waals surface area contributed by atoms with Crippen LogP contribution in [-0.2, 0) is 4.74 Å². The number of hydrogen-bond acceptors (Lipinski definition) is 7. The van der Waals surface area contributed by atoms with Gasteiger partial charge < -0.3 is 30.3 Å². The molecule has 2 fully saturated rings. The van der Waals surface area contributed by atoms with Crippen LogP contribution in [-0.4, -0.2) is 60.6 Å². The maximum atomic E-state index is 10.2. The van der Waals surface area contributed by atoms with Crippen molar-refractivity contribution in [2.24, 2.45) is 0 Å². The van der Waals surface area contributed by atoms with Crippen LogP contribution in [0.5, 0.6) is 0 Å². The number of benzene rings is 2. The zero-order chi connectivity index (χ0) is 26.1. The van der Waals surface area contributed by atoms with Crippen molar-refractivity contribution in [3.8, 4) is 6.07 Å². The largest absolute Gasteiger partial charge is 0.400 e. The van der Waals surface area contributed by atoms with Gasteiger partial charge in [-0.05, 0) is 71.9 Å². The van der Waals surface area contributed by atoms with Crippen LogP contribution in [0.3, 0.4) is 0 Å². The molecule has 1 aliphatic heterocycles. The van der Waals surface area contributed by atoms with Gasteiger partial charge in [0, 0.05) is 32.3 Å². The number of fused-ring (bicyclic) bond motifs is 1. The van der Waals surface area contributed by atoms with Crippen molar-refractivity contribution in [3.63, 3.8) is 0 Å². The first-order chi connectivity index (χ1) is 17.5. The fourth-order valence-electron chi connectivity index (χ4n) is 4.58. The first-order valence-corrected chi connectivity index (χ1v) is 12.8. The number of nitrogens with one attached hydrogen (secondary N) is 1. The van der Waals surface area contributed by atoms with Crippen LogP contribution < -0.4 is 10.2 Å². The highest BCUT2D eigenvalue weighted by Crippen LogP contribution is 2.35. The van der Waals surface area contributed by atoms with Crippen molar-refractivity contribution in [2.45, 2.75) is 64.4 Å². The number of aliphatic hydroxyl groups is 3. The standard InChI is InChI=1S/C28H35N3O3.CH4O/c1-3-11-31(12-4-2)24-10-9-21-13-19(5-6-22(21)15-24)14-23(17-29)27(20-7-8-20)30-26-16-25(32)18-34-28(26)33;1-2/h5-6,9-10,13-15,25-26,28,30,32-33H,3-4,7-8,11-12,16,18H2,1-2H3;2H,1H3/b23-14+;. The molecule has 2 aromatic rings. The predicted molar refractivity (Wildman–Crippen MR) is 144 cm³/mol. The maximum Gasteiger partial charge on any atom is 0.175 e. The van der Waals surface area contributed by atoms with Gasteiger partial charge in [-0.1, -0.05) is 32.0 Å². The summed E-state index contributed by atoms with van der Waals surface area (Å²) < 4.78 is 5.26. The monoisotopic (exact) mass is 493 g/mol. The fraction of sp³-hybridized carbons (Fsp3) is 0.483. The van der Waals surface area contributed by atoms with Gasteiger partial charge in [-0.2, -0.15) is 5.26 Å². The van der Waals surface area contributed by atoms with Crippen LogP contribution >= 0.6 is 0 Å². The molecule has 36 heavy (non-hydrogen) atoms. The Bertz CT molecular complexity index is 1110. The summed E-state index contributed by atoms with van der Waals surface area (Å²) >= 11 is 0. The second-order valence-corrected chi connectivity index (χ2v) is 9.29. The second kappa shape index (κ2) is 13.4. The molecule has 0 spiro atoms. The molecule has 3 atom stereocenters. The highest BCUT2D eigenvalue weighted by atomic mass is 16.6. The van der Waals surface area contributed by atoms with Gasteiger partial charge in [0.05, 0.1) is 30.0 Å². The molecule has 7 heteroatoms. The van der Waals surface area contributed by atoms with Gasteiger partial charge in [-0.15, -0.1) is 0 Å². The third kappa shape index (κ3) is 7.08. The molecule has 1 saturated carbocycles. The predicted octanol–water partition coefficient (Wildman–Crippen LogP) is 4.09. The van der Waals surface area contributed by atoms with E-state index in [1.807, 2.05) is 12.1 Å². The van der Waals surface area contributed by atoms with Crippen molar-refractivity contribution >= 4 is 22.5 Å². The van der Waals surface area contributed by atoms with E-state index in [0.717, 1.165) is 68.1 Å². The molecule has 0 aromatic heterocycles. The molecule has 0 radical (unpaired) electrons. The van der Waals surface area contributed by atoms with Crippen molar-refractivity contribution < 1.29 is 20.1 Å². The molecule has 4 N–H and O–H groups in total. The summed E-state index contributed by atoms with van der Waals surface area (Å²) in [6.07, 6.45) is 4.74. The Morgan fingerprint density at radius 2 is 1.75 bits per heavy atom. The van der Waals surface area contributed by atoms with Gasteiger partial charge in [0.2, 0.25) is 0 Å². The van der Waals surface area contributed by atoms with Gasteiger partial charge in [-0.25, -0.2) is 0 Å². The number of aliphatic hydroxyl groups excluding tert-OH is 3. The van der Waals surface area contributed by atoms with E-state index in [9.17, 15) is 15.5 Å². The van der Waals surface area contributed by atoms with Crippen LogP contribution in [0.2, 0.25) is 0 Å². The number of nitrogens with zero attached hydrogens (tertiary/aromatic N) is 2. The van der Waals surface area contributed by atoms with Gasteiger partial charge in [0.15, 0.2) is 6.29 Å². The molecule has 1 heterocycles. The van der Waals surface area contributed by atoms with E-state index in [4.69, 9.17) is 9.84 Å². The first-order valence-electron chi connectivity index (χ1n) is 12.8. The summed E-state index contributed by atoms with van der Waals surface area (Å²) in [5.41, 5.74) is 4.66. The zero-order valence-electron chi connectivity index (χ0n) is 21.6. The Balaban J connectivity index is 0.00000176. The average molecular weight is 494 g/mol. The van der Waals surface area contributed by atoms with E-state index in [1.54, 1.807) is 0 Å². The van der Waals surface area contributed by atoms with Crippen LogP contribution in [0.4, 0.5) is 5.69 Å². The molecule has 194 valence electrons. The minimum Gasteiger partial charge on any atom is -0.400 e. The van der Waals surface area contributed by atoms with Crippen molar-refractivity contribution in [2.75, 3.05) is 31.7 Å². The topological polar surface area (TPSA) is 109 Å². The van der Waals surface area contributed by atoms with Crippen LogP contribution in [0.15, 0.2) is 53.2 Å². The van der Waals surface area contributed by atoms with Crippen molar-refractivity contribution in [3.05, 3.63) is 58.8 Å². The molecule has 2 aliphatic rings. The lowest BCUT2D eigenvalue weighted by molar-refractivity contribution is -0.171. The smallest absolute Gasteiger partial charge is 0.175 e. The molecule has 7 nitrogen and oxygen atoms in total. The molecule has 3 unspecified atom stereocenters. The van der Waals surface area contributed by atoms with Crippen molar-refractivity contribution in [1.29, 1.82) is 5.26 Å². The minimum atomic E-state index is -1.01. The lowest BCUT2D eigenvalue weighted by Gasteiger charge is -2.32. The fourth-order valence-corrected chi connectivity index (χ4v) is 4.58. The van der Waals surface area contributed by atoms with E-state index >= 15 is 0 Å². The normalized spacial score (nSPS) is 21.3. The quantitative estimate of drug-likeness (QED) is 0.390. The molecule has 0 amide bonds. The van der Waals surface area contributed by atoms with E-state index in [0.29, 0.717) is 12.0 Å². The summed E-state index contributed by atoms with van der Waals surface area (Å²) in [5.74, 6) is 0. The highest BCUT2D eigenvalue weighted by molar-refractivity contribution is 5.88. The van der Waals surface area contributed by atoms with E-state index < -0.39 is 18.4 Å². The Kier molecular flexibility index (Phi) is 10.3. The Morgan fingerprint density at radius 3 is 2.39 bits per heavy atom. The third-order valence-corrected chi connectivity index (χ3v) is 6.41. The molecule has 1 aliphatic carbocycles. The number of ether oxygens (including phenoxy) is 1. The molecule has 4 rings (SSSR count). The summed E-state index contributed by atoms with van der Waals surface area (Å²) in [7, 11) is 1.00. The Hall–Kier alpha value is -2.89. The van der Waals surface area contributed by atoms with E-state index in [-0.39, 0.29) is 6.61 Å². The third-order valence-electron chi connectivity index (χ3n) is 6.41. The molecule has 1 saturated heterocycles.